The van der Waals surface area contributed by atoms with E-state index >= 15 is 0 Å². The molecule has 0 fully saturated rings. The zero-order valence-electron chi connectivity index (χ0n) is 13.6. The molecule has 3 aromatic rings. The summed E-state index contributed by atoms with van der Waals surface area (Å²) in [6.45, 7) is 2.96. The number of carbonyl (C=O) groups is 1. The summed E-state index contributed by atoms with van der Waals surface area (Å²) in [5.41, 5.74) is 2.63. The van der Waals surface area contributed by atoms with Gasteiger partial charge in [-0.1, -0.05) is 22.8 Å². The van der Waals surface area contributed by atoms with Gasteiger partial charge in [0.1, 0.15) is 11.8 Å². The highest BCUT2D eigenvalue weighted by molar-refractivity contribution is 6.30. The number of benzene rings is 1. The molecule has 7 nitrogen and oxygen atoms in total. The fraction of sp³-hybridized carbons (Fsp3) is 0.235. The SMILES string of the molecule is CCOC(=O)c1cnn(-c2cccc(Cl)c2)c1CNCc1ccon1. The first kappa shape index (κ1) is 17.2. The number of carbonyl (C=O) groups excluding carboxylic acids is 1. The van der Waals surface area contributed by atoms with E-state index < -0.39 is 5.97 Å². The van der Waals surface area contributed by atoms with Crippen molar-refractivity contribution in [3.63, 3.8) is 0 Å². The number of nitrogens with zero attached hydrogens (tertiary/aromatic N) is 3. The highest BCUT2D eigenvalue weighted by atomic mass is 35.5. The van der Waals surface area contributed by atoms with Crippen LogP contribution in [0, 0.1) is 0 Å². The van der Waals surface area contributed by atoms with Gasteiger partial charge < -0.3 is 14.6 Å². The number of nitrogens with one attached hydrogen (secondary N) is 1. The van der Waals surface area contributed by atoms with E-state index in [1.54, 1.807) is 29.8 Å². The quantitative estimate of drug-likeness (QED) is 0.652. The summed E-state index contributed by atoms with van der Waals surface area (Å²) in [6.07, 6.45) is 3.02. The number of aromatic nitrogens is 3. The Hall–Kier alpha value is -2.64. The van der Waals surface area contributed by atoms with Gasteiger partial charge in [-0.25, -0.2) is 9.48 Å². The Labute approximate surface area is 149 Å². The van der Waals surface area contributed by atoms with Crippen molar-refractivity contribution in [3.05, 3.63) is 64.8 Å². The maximum atomic E-state index is 12.2. The molecular formula is C17H17ClN4O3. The Morgan fingerprint density at radius 3 is 2.96 bits per heavy atom. The van der Waals surface area contributed by atoms with Gasteiger partial charge in [0, 0.05) is 24.2 Å². The summed E-state index contributed by atoms with van der Waals surface area (Å²) in [5, 5.41) is 12.0. The first-order chi connectivity index (χ1) is 12.2. The number of ether oxygens (including phenoxy) is 1. The second-order valence-electron chi connectivity index (χ2n) is 5.21. The number of hydrogen-bond donors (Lipinski definition) is 1. The molecule has 0 saturated heterocycles. The molecule has 3 rings (SSSR count). The van der Waals surface area contributed by atoms with Crippen molar-refractivity contribution in [2.45, 2.75) is 20.0 Å². The molecule has 0 aliphatic carbocycles. The van der Waals surface area contributed by atoms with Crippen molar-refractivity contribution >= 4 is 17.6 Å². The molecule has 0 saturated carbocycles. The van der Waals surface area contributed by atoms with Gasteiger partial charge in [0.05, 0.1) is 29.9 Å². The van der Waals surface area contributed by atoms with E-state index in [0.717, 1.165) is 11.4 Å². The Morgan fingerprint density at radius 2 is 2.24 bits per heavy atom. The summed E-state index contributed by atoms with van der Waals surface area (Å²) in [4.78, 5) is 12.2. The molecule has 0 bridgehead atoms. The minimum atomic E-state index is -0.408. The van der Waals surface area contributed by atoms with E-state index in [2.05, 4.69) is 15.6 Å². The third-order valence-electron chi connectivity index (χ3n) is 3.51. The monoisotopic (exact) mass is 360 g/mol. The van der Waals surface area contributed by atoms with Crippen LogP contribution in [0.4, 0.5) is 0 Å². The Kier molecular flexibility index (Phi) is 5.47. The van der Waals surface area contributed by atoms with Gasteiger partial charge in [-0.2, -0.15) is 5.10 Å². The smallest absolute Gasteiger partial charge is 0.341 e. The van der Waals surface area contributed by atoms with Crippen LogP contribution >= 0.6 is 11.6 Å². The topological polar surface area (TPSA) is 82.2 Å². The average Bonchev–Trinajstić information content (AvgIpc) is 3.25. The normalized spacial score (nSPS) is 10.8. The highest BCUT2D eigenvalue weighted by Crippen LogP contribution is 2.19. The third-order valence-corrected chi connectivity index (χ3v) is 3.74. The van der Waals surface area contributed by atoms with E-state index in [1.165, 1.54) is 12.5 Å². The lowest BCUT2D eigenvalue weighted by molar-refractivity contribution is 0.0525. The summed E-state index contributed by atoms with van der Waals surface area (Å²) in [6, 6.07) is 9.03. The molecule has 25 heavy (non-hydrogen) atoms. The van der Waals surface area contributed by atoms with Gasteiger partial charge in [0.15, 0.2) is 0 Å². The third kappa shape index (κ3) is 4.07. The molecule has 0 aliphatic heterocycles. The number of halogens is 1. The predicted octanol–water partition coefficient (Wildman–Crippen LogP) is 2.98. The lowest BCUT2D eigenvalue weighted by atomic mass is 10.2. The second-order valence-corrected chi connectivity index (χ2v) is 5.65. The molecular weight excluding hydrogens is 344 g/mol. The first-order valence-electron chi connectivity index (χ1n) is 7.79. The zero-order chi connectivity index (χ0) is 17.6. The van der Waals surface area contributed by atoms with Crippen LogP contribution in [0.25, 0.3) is 5.69 Å². The van der Waals surface area contributed by atoms with Gasteiger partial charge in [0.25, 0.3) is 0 Å². The van der Waals surface area contributed by atoms with Crippen molar-refractivity contribution in [1.82, 2.24) is 20.3 Å². The van der Waals surface area contributed by atoms with E-state index in [0.29, 0.717) is 36.0 Å². The molecule has 0 radical (unpaired) electrons. The van der Waals surface area contributed by atoms with Gasteiger partial charge >= 0.3 is 5.97 Å². The van der Waals surface area contributed by atoms with Crippen molar-refractivity contribution in [3.8, 4) is 5.69 Å². The molecule has 2 aromatic heterocycles. The summed E-state index contributed by atoms with van der Waals surface area (Å²) >= 11 is 6.07. The lowest BCUT2D eigenvalue weighted by Crippen LogP contribution is -2.19. The molecule has 1 aromatic carbocycles. The minimum Gasteiger partial charge on any atom is -0.462 e. The molecule has 0 aliphatic rings. The fourth-order valence-corrected chi connectivity index (χ4v) is 2.58. The first-order valence-corrected chi connectivity index (χ1v) is 8.16. The maximum absolute atomic E-state index is 12.2. The number of esters is 1. The standard InChI is InChI=1S/C17H17ClN4O3/c1-2-24-17(23)15-10-20-22(14-5-3-4-12(18)8-14)16(15)11-19-9-13-6-7-25-21-13/h3-8,10,19H,2,9,11H2,1H3. The highest BCUT2D eigenvalue weighted by Gasteiger charge is 2.19. The van der Waals surface area contributed by atoms with Crippen LogP contribution in [-0.4, -0.2) is 27.5 Å². The minimum absolute atomic E-state index is 0.299. The van der Waals surface area contributed by atoms with Crippen molar-refractivity contribution < 1.29 is 14.1 Å². The Morgan fingerprint density at radius 1 is 1.36 bits per heavy atom. The van der Waals surface area contributed by atoms with Gasteiger partial charge in [-0.05, 0) is 25.1 Å². The van der Waals surface area contributed by atoms with Crippen LogP contribution in [0.5, 0.6) is 0 Å². The Balaban J connectivity index is 1.87. The molecule has 2 heterocycles. The van der Waals surface area contributed by atoms with Gasteiger partial charge in [-0.15, -0.1) is 0 Å². The predicted molar refractivity (Wildman–Crippen MR) is 91.6 cm³/mol. The maximum Gasteiger partial charge on any atom is 0.341 e. The van der Waals surface area contributed by atoms with E-state index in [-0.39, 0.29) is 0 Å². The van der Waals surface area contributed by atoms with Crippen LogP contribution < -0.4 is 5.32 Å². The molecule has 130 valence electrons. The largest absolute Gasteiger partial charge is 0.462 e. The van der Waals surface area contributed by atoms with Crippen LogP contribution in [-0.2, 0) is 17.8 Å². The van der Waals surface area contributed by atoms with Crippen LogP contribution in [0.3, 0.4) is 0 Å². The number of hydrogen-bond acceptors (Lipinski definition) is 6. The molecule has 0 atom stereocenters. The van der Waals surface area contributed by atoms with Crippen molar-refractivity contribution in [2.75, 3.05) is 6.61 Å². The van der Waals surface area contributed by atoms with Crippen molar-refractivity contribution in [2.24, 2.45) is 0 Å². The second kappa shape index (κ2) is 7.96. The van der Waals surface area contributed by atoms with E-state index in [1.807, 2.05) is 12.1 Å². The van der Waals surface area contributed by atoms with E-state index in [4.69, 9.17) is 20.9 Å². The summed E-state index contributed by atoms with van der Waals surface area (Å²) < 4.78 is 11.6. The van der Waals surface area contributed by atoms with E-state index in [9.17, 15) is 4.79 Å². The average molecular weight is 361 g/mol. The van der Waals surface area contributed by atoms with Crippen LogP contribution in [0.15, 0.2) is 47.3 Å². The molecule has 0 spiro atoms. The zero-order valence-corrected chi connectivity index (χ0v) is 14.4. The van der Waals surface area contributed by atoms with Gasteiger partial charge in [0.2, 0.25) is 0 Å². The summed E-state index contributed by atoms with van der Waals surface area (Å²) in [7, 11) is 0. The Bertz CT molecular complexity index is 845. The molecule has 0 unspecified atom stereocenters. The van der Waals surface area contributed by atoms with Gasteiger partial charge in [-0.3, -0.25) is 0 Å². The number of rotatable bonds is 7. The fourth-order valence-electron chi connectivity index (χ4n) is 2.39. The van der Waals surface area contributed by atoms with Crippen LogP contribution in [0.2, 0.25) is 5.02 Å². The lowest BCUT2D eigenvalue weighted by Gasteiger charge is -2.10. The summed E-state index contributed by atoms with van der Waals surface area (Å²) in [5.74, 6) is -0.408. The molecule has 8 heteroatoms. The molecule has 0 amide bonds. The van der Waals surface area contributed by atoms with Crippen LogP contribution in [0.1, 0.15) is 28.7 Å². The van der Waals surface area contributed by atoms with Crippen molar-refractivity contribution in [1.29, 1.82) is 0 Å². The molecule has 1 N–H and O–H groups in total.